The van der Waals surface area contributed by atoms with Crippen LogP contribution in [0, 0.1) is 12.7 Å². The molecule has 0 aliphatic carbocycles. The van der Waals surface area contributed by atoms with Gasteiger partial charge in [0.2, 0.25) is 0 Å². The molecule has 35 heavy (non-hydrogen) atoms. The summed E-state index contributed by atoms with van der Waals surface area (Å²) >= 11 is 11.9. The lowest BCUT2D eigenvalue weighted by atomic mass is 10.1. The quantitative estimate of drug-likeness (QED) is 0.262. The molecule has 0 fully saturated rings. The van der Waals surface area contributed by atoms with Crippen LogP contribution in [0.25, 0.3) is 10.9 Å². The molecular weight excluding hydrogens is 531 g/mol. The van der Waals surface area contributed by atoms with E-state index in [0.717, 1.165) is 18.2 Å². The first-order valence-electron chi connectivity index (χ1n) is 9.78. The molecule has 4 aromatic rings. The van der Waals surface area contributed by atoms with E-state index in [1.165, 1.54) is 49.4 Å². The zero-order valence-electron chi connectivity index (χ0n) is 17.6. The van der Waals surface area contributed by atoms with E-state index in [4.69, 9.17) is 27.9 Å². The zero-order valence-corrected chi connectivity index (χ0v) is 19.9. The number of sulfonamides is 1. The number of anilines is 1. The van der Waals surface area contributed by atoms with E-state index >= 15 is 0 Å². The highest BCUT2D eigenvalue weighted by Crippen LogP contribution is 2.39. The fourth-order valence-corrected chi connectivity index (χ4v) is 5.57. The Morgan fingerprint density at radius 3 is 2.26 bits per heavy atom. The fourth-order valence-electron chi connectivity index (χ4n) is 3.36. The maximum absolute atomic E-state index is 14.8. The second-order valence-electron chi connectivity index (χ2n) is 7.36. The predicted octanol–water partition coefficient (Wildman–Crippen LogP) is 7.60. The first kappa shape index (κ1) is 25.0. The minimum atomic E-state index is -4.63. The van der Waals surface area contributed by atoms with Crippen LogP contribution in [0.3, 0.4) is 0 Å². The largest absolute Gasteiger partial charge is 0.456 e. The van der Waals surface area contributed by atoms with Crippen molar-refractivity contribution in [2.45, 2.75) is 18.0 Å². The monoisotopic (exact) mass is 544 g/mol. The van der Waals surface area contributed by atoms with Gasteiger partial charge < -0.3 is 4.74 Å². The van der Waals surface area contributed by atoms with Gasteiger partial charge in [-0.3, -0.25) is 9.71 Å². The molecule has 12 heteroatoms. The number of rotatable bonds is 5. The normalized spacial score (nSPS) is 12.1. The number of alkyl halides is 3. The lowest BCUT2D eigenvalue weighted by molar-refractivity contribution is -0.136. The van der Waals surface area contributed by atoms with E-state index < -0.39 is 38.2 Å². The second kappa shape index (κ2) is 9.18. The number of aromatic nitrogens is 1. The van der Waals surface area contributed by atoms with Crippen LogP contribution in [-0.2, 0) is 16.2 Å². The molecule has 1 aromatic heterocycles. The molecular formula is C23H14Cl2F4N2O3S. The molecule has 0 radical (unpaired) electrons. The van der Waals surface area contributed by atoms with Gasteiger partial charge in [-0.1, -0.05) is 35.3 Å². The van der Waals surface area contributed by atoms with Crippen LogP contribution in [0.1, 0.15) is 11.3 Å². The van der Waals surface area contributed by atoms with Crippen LogP contribution in [-0.4, -0.2) is 13.4 Å². The van der Waals surface area contributed by atoms with E-state index in [1.807, 2.05) is 0 Å². The molecule has 0 spiro atoms. The van der Waals surface area contributed by atoms with Gasteiger partial charge in [0.15, 0.2) is 5.82 Å². The van der Waals surface area contributed by atoms with Crippen molar-refractivity contribution in [2.75, 3.05) is 4.72 Å². The third kappa shape index (κ3) is 5.14. The first-order valence-corrected chi connectivity index (χ1v) is 12.0. The predicted molar refractivity (Wildman–Crippen MR) is 125 cm³/mol. The summed E-state index contributed by atoms with van der Waals surface area (Å²) in [5, 5.41) is -0.226. The molecule has 0 aliphatic heterocycles. The third-order valence-electron chi connectivity index (χ3n) is 4.84. The van der Waals surface area contributed by atoms with E-state index in [9.17, 15) is 26.0 Å². The Balaban J connectivity index is 1.68. The number of hydrogen-bond donors (Lipinski definition) is 1. The Morgan fingerprint density at radius 2 is 1.63 bits per heavy atom. The SMILES string of the molecule is Cc1cc(Oc2ccc(NS(=O)(=O)c3c(Cl)cccc3Cl)c(F)c2)c2cccc(C(F)(F)F)c2n1. The summed E-state index contributed by atoms with van der Waals surface area (Å²) in [4.78, 5) is 3.57. The Bertz CT molecular complexity index is 1540. The molecule has 0 saturated carbocycles. The van der Waals surface area contributed by atoms with Gasteiger partial charge in [0.1, 0.15) is 16.4 Å². The van der Waals surface area contributed by atoms with Gasteiger partial charge in [-0.05, 0) is 43.3 Å². The number of ether oxygens (including phenoxy) is 1. The molecule has 0 unspecified atom stereocenters. The maximum atomic E-state index is 14.8. The summed E-state index contributed by atoms with van der Waals surface area (Å²) in [5.74, 6) is -1.06. The summed E-state index contributed by atoms with van der Waals surface area (Å²) in [6.07, 6.45) is -4.63. The number of para-hydroxylation sites is 1. The summed E-state index contributed by atoms with van der Waals surface area (Å²) < 4.78 is 88.1. The van der Waals surface area contributed by atoms with Crippen LogP contribution in [0.4, 0.5) is 23.2 Å². The number of nitrogens with one attached hydrogen (secondary N) is 1. The fraction of sp³-hybridized carbons (Fsp3) is 0.0870. The van der Waals surface area contributed by atoms with Crippen molar-refractivity contribution in [2.24, 2.45) is 0 Å². The number of hydrogen-bond acceptors (Lipinski definition) is 4. The van der Waals surface area contributed by atoms with Gasteiger partial charge in [-0.15, -0.1) is 0 Å². The maximum Gasteiger partial charge on any atom is 0.418 e. The van der Waals surface area contributed by atoms with Gasteiger partial charge >= 0.3 is 6.18 Å². The summed E-state index contributed by atoms with van der Waals surface area (Å²) in [6, 6.07) is 12.3. The highest BCUT2D eigenvalue weighted by atomic mass is 35.5. The van der Waals surface area contributed by atoms with Gasteiger partial charge in [0.05, 0.1) is 26.8 Å². The Labute approximate surface area is 207 Å². The first-order chi connectivity index (χ1) is 16.4. The smallest absolute Gasteiger partial charge is 0.418 e. The van der Waals surface area contributed by atoms with E-state index in [-0.39, 0.29) is 38.1 Å². The lowest BCUT2D eigenvalue weighted by Crippen LogP contribution is -2.15. The van der Waals surface area contributed by atoms with Crippen molar-refractivity contribution in [3.63, 3.8) is 0 Å². The number of nitrogens with zero attached hydrogens (tertiary/aromatic N) is 1. The van der Waals surface area contributed by atoms with Crippen molar-refractivity contribution in [1.29, 1.82) is 0 Å². The van der Waals surface area contributed by atoms with Crippen LogP contribution in [0.2, 0.25) is 10.0 Å². The number of aryl methyl sites for hydroxylation is 1. The van der Waals surface area contributed by atoms with E-state index in [0.29, 0.717) is 0 Å². The number of benzene rings is 3. The van der Waals surface area contributed by atoms with Crippen molar-refractivity contribution in [3.8, 4) is 11.5 Å². The van der Waals surface area contributed by atoms with Crippen molar-refractivity contribution in [3.05, 3.63) is 87.8 Å². The Kier molecular flexibility index (Phi) is 6.56. The Morgan fingerprint density at radius 1 is 0.971 bits per heavy atom. The molecule has 1 heterocycles. The minimum Gasteiger partial charge on any atom is -0.456 e. The topological polar surface area (TPSA) is 68.3 Å². The highest BCUT2D eigenvalue weighted by molar-refractivity contribution is 7.93. The summed E-state index contributed by atoms with van der Waals surface area (Å²) in [7, 11) is -4.33. The van der Waals surface area contributed by atoms with Crippen molar-refractivity contribution in [1.82, 2.24) is 4.98 Å². The third-order valence-corrected chi connectivity index (χ3v) is 7.16. The number of pyridine rings is 1. The molecule has 0 saturated heterocycles. The average molecular weight is 545 g/mol. The molecule has 182 valence electrons. The van der Waals surface area contributed by atoms with Crippen molar-refractivity contribution >= 4 is 49.8 Å². The highest BCUT2D eigenvalue weighted by Gasteiger charge is 2.33. The Hall–Kier alpha value is -3.08. The molecule has 0 atom stereocenters. The standard InChI is InChI=1S/C23H14Cl2F4N2O3S/c1-12-10-20(14-4-2-5-15(21(14)30-12)23(27,28)29)34-13-8-9-19(18(26)11-13)31-35(32,33)22-16(24)6-3-7-17(22)25/h2-11,31H,1H3. The van der Waals surface area contributed by atoms with E-state index in [2.05, 4.69) is 9.71 Å². The molecule has 0 bridgehead atoms. The van der Waals surface area contributed by atoms with Gasteiger partial charge in [0.25, 0.3) is 10.0 Å². The van der Waals surface area contributed by atoms with Gasteiger partial charge in [0, 0.05) is 23.2 Å². The average Bonchev–Trinajstić information content (AvgIpc) is 2.74. The number of fused-ring (bicyclic) bond motifs is 1. The molecule has 3 aromatic carbocycles. The van der Waals surface area contributed by atoms with Crippen LogP contribution < -0.4 is 9.46 Å². The second-order valence-corrected chi connectivity index (χ2v) is 9.79. The molecule has 0 aliphatic rings. The molecule has 1 N–H and O–H groups in total. The van der Waals surface area contributed by atoms with Crippen LogP contribution in [0.5, 0.6) is 11.5 Å². The lowest BCUT2D eigenvalue weighted by Gasteiger charge is -2.15. The van der Waals surface area contributed by atoms with Crippen molar-refractivity contribution < 1.29 is 30.7 Å². The molecule has 5 nitrogen and oxygen atoms in total. The van der Waals surface area contributed by atoms with Crippen LogP contribution >= 0.6 is 23.2 Å². The zero-order chi connectivity index (χ0) is 25.5. The molecule has 0 amide bonds. The van der Waals surface area contributed by atoms with E-state index in [1.54, 1.807) is 0 Å². The summed E-state index contributed by atoms with van der Waals surface area (Å²) in [5.41, 5.74) is -1.40. The van der Waals surface area contributed by atoms with Crippen LogP contribution in [0.15, 0.2) is 65.6 Å². The number of halogens is 6. The molecule has 4 rings (SSSR count). The van der Waals surface area contributed by atoms with Gasteiger partial charge in [-0.2, -0.15) is 13.2 Å². The summed E-state index contributed by atoms with van der Waals surface area (Å²) in [6.45, 7) is 1.50. The minimum absolute atomic E-state index is 0.0224. The van der Waals surface area contributed by atoms with Gasteiger partial charge in [-0.25, -0.2) is 12.8 Å².